The fourth-order valence-electron chi connectivity index (χ4n) is 4.79. The van der Waals surface area contributed by atoms with E-state index < -0.39 is 5.97 Å². The van der Waals surface area contributed by atoms with Gasteiger partial charge in [-0.05, 0) is 53.5 Å². The lowest BCUT2D eigenvalue weighted by molar-refractivity contribution is -0.139. The summed E-state index contributed by atoms with van der Waals surface area (Å²) in [5, 5.41) is 13.3. The van der Waals surface area contributed by atoms with Gasteiger partial charge in [-0.2, -0.15) is 4.98 Å². The Bertz CT molecular complexity index is 1210. The van der Waals surface area contributed by atoms with Gasteiger partial charge in [-0.3, -0.25) is 0 Å². The van der Waals surface area contributed by atoms with Crippen LogP contribution in [0.15, 0.2) is 83.4 Å². The third kappa shape index (κ3) is 4.86. The number of hydrogen-bond acceptors (Lipinski definition) is 5. The molecular weight excluding hydrogens is 428 g/mol. The molecule has 0 aliphatic heterocycles. The Hall–Kier alpha value is -3.93. The zero-order valence-electron chi connectivity index (χ0n) is 18.8. The van der Waals surface area contributed by atoms with Crippen molar-refractivity contribution in [3.05, 3.63) is 113 Å². The summed E-state index contributed by atoms with van der Waals surface area (Å²) < 4.78 is 11.2. The van der Waals surface area contributed by atoms with Crippen molar-refractivity contribution in [3.63, 3.8) is 0 Å². The minimum Gasteiger partial charge on any atom is -0.482 e. The number of nitrogens with zero attached hydrogens (tertiary/aromatic N) is 2. The van der Waals surface area contributed by atoms with Crippen LogP contribution in [0.2, 0.25) is 0 Å². The second-order valence-corrected chi connectivity index (χ2v) is 8.69. The van der Waals surface area contributed by atoms with Crippen LogP contribution in [0, 0.1) is 5.92 Å². The standard InChI is InChI=1S/C28H26N2O4/c31-26(32)18-33-24-13-7-12-22-16-19(14-15-23(22)24)17-25-29-28(30-34-25)27(20-8-3-1-4-9-20)21-10-5-2-6-11-21/h1-13,19,27H,14-18H2,(H,31,32). The predicted molar refractivity (Wildman–Crippen MR) is 127 cm³/mol. The Morgan fingerprint density at radius 1 is 1.00 bits per heavy atom. The minimum absolute atomic E-state index is 0.0825. The molecule has 3 aromatic carbocycles. The van der Waals surface area contributed by atoms with Crippen LogP contribution in [0.25, 0.3) is 0 Å². The van der Waals surface area contributed by atoms with Gasteiger partial charge >= 0.3 is 5.97 Å². The Morgan fingerprint density at radius 3 is 2.38 bits per heavy atom. The molecular formula is C28H26N2O4. The van der Waals surface area contributed by atoms with E-state index in [2.05, 4.69) is 35.5 Å². The van der Waals surface area contributed by atoms with Crippen LogP contribution in [0.1, 0.15) is 46.3 Å². The van der Waals surface area contributed by atoms with E-state index in [4.69, 9.17) is 19.4 Å². The van der Waals surface area contributed by atoms with E-state index in [1.165, 1.54) is 5.56 Å². The number of benzene rings is 3. The largest absolute Gasteiger partial charge is 0.482 e. The van der Waals surface area contributed by atoms with Crippen molar-refractivity contribution in [1.29, 1.82) is 0 Å². The summed E-state index contributed by atoms with van der Waals surface area (Å²) in [6, 6.07) is 26.4. The van der Waals surface area contributed by atoms with Crippen molar-refractivity contribution in [1.82, 2.24) is 10.1 Å². The number of ether oxygens (including phenoxy) is 1. The van der Waals surface area contributed by atoms with Crippen LogP contribution in [0.3, 0.4) is 0 Å². The average molecular weight is 455 g/mol. The van der Waals surface area contributed by atoms with Crippen LogP contribution < -0.4 is 4.74 Å². The lowest BCUT2D eigenvalue weighted by Crippen LogP contribution is -2.18. The molecule has 6 nitrogen and oxygen atoms in total. The second-order valence-electron chi connectivity index (χ2n) is 8.69. The molecule has 0 spiro atoms. The molecule has 1 heterocycles. The summed E-state index contributed by atoms with van der Waals surface area (Å²) in [6.45, 7) is -0.325. The predicted octanol–water partition coefficient (Wildman–Crippen LogP) is 5.06. The second kappa shape index (κ2) is 9.91. The molecule has 6 heteroatoms. The molecule has 0 fully saturated rings. The van der Waals surface area contributed by atoms with E-state index in [1.54, 1.807) is 0 Å². The average Bonchev–Trinajstić information content (AvgIpc) is 3.31. The van der Waals surface area contributed by atoms with Crippen molar-refractivity contribution >= 4 is 5.97 Å². The van der Waals surface area contributed by atoms with Crippen molar-refractivity contribution in [2.45, 2.75) is 31.6 Å². The minimum atomic E-state index is -0.970. The summed E-state index contributed by atoms with van der Waals surface area (Å²) in [7, 11) is 0. The first-order valence-electron chi connectivity index (χ1n) is 11.5. The lowest BCUT2D eigenvalue weighted by Gasteiger charge is -2.25. The van der Waals surface area contributed by atoms with Gasteiger partial charge in [0.1, 0.15) is 5.75 Å². The molecule has 0 saturated heterocycles. The number of carboxylic acid groups (broad SMARTS) is 1. The van der Waals surface area contributed by atoms with Crippen molar-refractivity contribution in [2.75, 3.05) is 6.61 Å². The van der Waals surface area contributed by atoms with Crippen LogP contribution >= 0.6 is 0 Å². The summed E-state index contributed by atoms with van der Waals surface area (Å²) in [5.41, 5.74) is 4.56. The number of carboxylic acids is 1. The Morgan fingerprint density at radius 2 is 1.71 bits per heavy atom. The summed E-state index contributed by atoms with van der Waals surface area (Å²) >= 11 is 0. The maximum Gasteiger partial charge on any atom is 0.341 e. The van der Waals surface area contributed by atoms with Crippen molar-refractivity contribution in [3.8, 4) is 5.75 Å². The van der Waals surface area contributed by atoms with E-state index in [9.17, 15) is 4.79 Å². The highest BCUT2D eigenvalue weighted by atomic mass is 16.5. The van der Waals surface area contributed by atoms with Crippen molar-refractivity contribution in [2.24, 2.45) is 5.92 Å². The number of aromatic nitrogens is 2. The maximum atomic E-state index is 10.9. The zero-order chi connectivity index (χ0) is 23.3. The van der Waals surface area contributed by atoms with Crippen molar-refractivity contribution < 1.29 is 19.2 Å². The highest BCUT2D eigenvalue weighted by Crippen LogP contribution is 2.34. The summed E-state index contributed by atoms with van der Waals surface area (Å²) in [6.07, 6.45) is 3.38. The fraction of sp³-hybridized carbons (Fsp3) is 0.250. The van der Waals surface area contributed by atoms with Crippen LogP contribution in [0.4, 0.5) is 0 Å². The highest BCUT2D eigenvalue weighted by molar-refractivity contribution is 5.68. The Labute approximate surface area is 198 Å². The van der Waals surface area contributed by atoms with Gasteiger partial charge in [0.25, 0.3) is 0 Å². The van der Waals surface area contributed by atoms with Gasteiger partial charge < -0.3 is 14.4 Å². The molecule has 1 N–H and O–H groups in total. The zero-order valence-corrected chi connectivity index (χ0v) is 18.8. The molecule has 1 atom stereocenters. The van der Waals surface area contributed by atoms with E-state index in [0.29, 0.717) is 29.8 Å². The number of carbonyl (C=O) groups is 1. The molecule has 1 unspecified atom stereocenters. The van der Waals surface area contributed by atoms with Gasteiger partial charge in [0, 0.05) is 6.42 Å². The van der Waals surface area contributed by atoms with E-state index in [1.807, 2.05) is 48.5 Å². The summed E-state index contributed by atoms with van der Waals surface area (Å²) in [4.78, 5) is 15.7. The lowest BCUT2D eigenvalue weighted by atomic mass is 9.82. The van der Waals surface area contributed by atoms with Crippen LogP contribution in [-0.4, -0.2) is 27.8 Å². The third-order valence-corrected chi connectivity index (χ3v) is 6.36. The fourth-order valence-corrected chi connectivity index (χ4v) is 4.79. The Balaban J connectivity index is 1.33. The van der Waals surface area contributed by atoms with Gasteiger partial charge in [0.15, 0.2) is 12.4 Å². The first-order valence-corrected chi connectivity index (χ1v) is 11.5. The van der Waals surface area contributed by atoms with Gasteiger partial charge in [0.2, 0.25) is 5.89 Å². The Kier molecular flexibility index (Phi) is 6.38. The first kappa shape index (κ1) is 21.9. The van der Waals surface area contributed by atoms with Gasteiger partial charge in [-0.15, -0.1) is 0 Å². The number of aliphatic carboxylic acids is 1. The third-order valence-electron chi connectivity index (χ3n) is 6.36. The molecule has 4 aromatic rings. The smallest absolute Gasteiger partial charge is 0.341 e. The maximum absolute atomic E-state index is 10.9. The van der Waals surface area contributed by atoms with E-state index in [0.717, 1.165) is 36.0 Å². The monoisotopic (exact) mass is 454 g/mol. The summed E-state index contributed by atoms with van der Waals surface area (Å²) in [5.74, 6) is 1.32. The molecule has 1 aliphatic carbocycles. The molecule has 172 valence electrons. The highest BCUT2D eigenvalue weighted by Gasteiger charge is 2.26. The first-order chi connectivity index (χ1) is 16.7. The van der Waals surface area contributed by atoms with Crippen LogP contribution in [0.5, 0.6) is 5.75 Å². The van der Waals surface area contributed by atoms with Gasteiger partial charge in [0.05, 0.1) is 5.92 Å². The SMILES string of the molecule is O=C(O)COc1cccc2c1CCC(Cc1nc(C(c3ccccc3)c3ccccc3)no1)C2. The quantitative estimate of drug-likeness (QED) is 0.401. The number of hydrogen-bond donors (Lipinski definition) is 1. The molecule has 1 aromatic heterocycles. The van der Waals surface area contributed by atoms with Gasteiger partial charge in [-0.25, -0.2) is 4.79 Å². The normalized spacial score (nSPS) is 15.1. The molecule has 5 rings (SSSR count). The molecule has 0 saturated carbocycles. The van der Waals surface area contributed by atoms with Crippen LogP contribution in [-0.2, 0) is 24.1 Å². The topological polar surface area (TPSA) is 85.5 Å². The number of rotatable bonds is 8. The molecule has 0 radical (unpaired) electrons. The number of fused-ring (bicyclic) bond motifs is 1. The van der Waals surface area contributed by atoms with Gasteiger partial charge in [-0.1, -0.05) is 78.0 Å². The van der Waals surface area contributed by atoms with E-state index in [-0.39, 0.29) is 12.5 Å². The van der Waals surface area contributed by atoms with E-state index >= 15 is 0 Å². The molecule has 34 heavy (non-hydrogen) atoms. The molecule has 0 bridgehead atoms. The molecule has 0 amide bonds. The molecule has 1 aliphatic rings.